The third-order valence-electron chi connectivity index (χ3n) is 11.0. The average molecular weight is 489 g/mol. The Kier molecular flexibility index (Phi) is 9.83. The lowest BCUT2D eigenvalue weighted by Crippen LogP contribution is -2.50. The second kappa shape index (κ2) is 12.4. The molecule has 202 valence electrons. The topological polar surface area (TPSA) is 27.7 Å². The van der Waals surface area contributed by atoms with Crippen molar-refractivity contribution in [3.63, 3.8) is 0 Å². The number of ether oxygens (including phenoxy) is 3. The normalized spacial score (nSPS) is 38.7. The highest BCUT2D eigenvalue weighted by Gasteiger charge is 2.58. The van der Waals surface area contributed by atoms with Crippen molar-refractivity contribution >= 4 is 0 Å². The van der Waals surface area contributed by atoms with Crippen LogP contribution < -0.4 is 0 Å². The van der Waals surface area contributed by atoms with Gasteiger partial charge in [-0.2, -0.15) is 0 Å². The smallest absolute Gasteiger partial charge is 0.0704 e. The van der Waals surface area contributed by atoms with Crippen LogP contribution in [0.15, 0.2) is 11.6 Å². The van der Waals surface area contributed by atoms with E-state index in [-0.39, 0.29) is 0 Å². The molecule has 0 aromatic heterocycles. The van der Waals surface area contributed by atoms with Crippen LogP contribution in [-0.2, 0) is 14.2 Å². The van der Waals surface area contributed by atoms with Gasteiger partial charge in [-0.15, -0.1) is 0 Å². The van der Waals surface area contributed by atoms with Crippen molar-refractivity contribution in [2.75, 3.05) is 33.0 Å². The molecule has 0 aromatic rings. The van der Waals surface area contributed by atoms with E-state index in [0.717, 1.165) is 42.6 Å². The Morgan fingerprint density at radius 3 is 2.51 bits per heavy atom. The van der Waals surface area contributed by atoms with Crippen LogP contribution >= 0.6 is 0 Å². The van der Waals surface area contributed by atoms with E-state index in [9.17, 15) is 0 Å². The molecule has 4 rings (SSSR count). The van der Waals surface area contributed by atoms with Crippen molar-refractivity contribution < 1.29 is 14.2 Å². The van der Waals surface area contributed by atoms with E-state index in [1.54, 1.807) is 5.57 Å². The lowest BCUT2D eigenvalue weighted by molar-refractivity contribution is -0.0647. The van der Waals surface area contributed by atoms with Crippen LogP contribution in [0.4, 0.5) is 0 Å². The average Bonchev–Trinajstić information content (AvgIpc) is 3.17. The lowest BCUT2D eigenvalue weighted by Gasteiger charge is -2.58. The molecule has 7 atom stereocenters. The van der Waals surface area contributed by atoms with E-state index in [0.29, 0.717) is 43.4 Å². The molecule has 3 fully saturated rings. The summed E-state index contributed by atoms with van der Waals surface area (Å²) >= 11 is 0. The van der Waals surface area contributed by atoms with Gasteiger partial charge in [0.05, 0.1) is 32.5 Å². The van der Waals surface area contributed by atoms with Crippen molar-refractivity contribution in [1.82, 2.24) is 0 Å². The van der Waals surface area contributed by atoms with Crippen LogP contribution in [-0.4, -0.2) is 39.1 Å². The molecule has 0 heterocycles. The summed E-state index contributed by atoms with van der Waals surface area (Å²) in [6.07, 6.45) is 19.9. The van der Waals surface area contributed by atoms with Crippen LogP contribution in [0.2, 0.25) is 0 Å². The minimum absolute atomic E-state index is 0.386. The predicted molar refractivity (Wildman–Crippen MR) is 146 cm³/mol. The zero-order valence-corrected chi connectivity index (χ0v) is 23.8. The van der Waals surface area contributed by atoms with Crippen molar-refractivity contribution in [2.45, 2.75) is 118 Å². The van der Waals surface area contributed by atoms with Crippen molar-refractivity contribution in [3.8, 4) is 0 Å². The van der Waals surface area contributed by atoms with Gasteiger partial charge in [-0.3, -0.25) is 0 Å². The highest BCUT2D eigenvalue weighted by molar-refractivity contribution is 5.25. The maximum absolute atomic E-state index is 6.27. The molecular weight excluding hydrogens is 432 g/mol. The molecule has 4 aliphatic rings. The fraction of sp³-hybridized carbons (Fsp3) is 0.938. The molecule has 35 heavy (non-hydrogen) atoms. The SMILES string of the molecule is CCOCCOCCOC1CCC2(C)C(=CCC3C2CCC2(C)C(CCCCC(C)C)CCC32)C1. The molecule has 0 amide bonds. The van der Waals surface area contributed by atoms with Gasteiger partial charge in [0.15, 0.2) is 0 Å². The van der Waals surface area contributed by atoms with Gasteiger partial charge in [0.2, 0.25) is 0 Å². The quantitative estimate of drug-likeness (QED) is 0.193. The summed E-state index contributed by atoms with van der Waals surface area (Å²) in [5.74, 6) is 4.65. The van der Waals surface area contributed by atoms with Crippen molar-refractivity contribution in [3.05, 3.63) is 11.6 Å². The molecule has 4 aliphatic carbocycles. The van der Waals surface area contributed by atoms with Gasteiger partial charge in [0, 0.05) is 6.61 Å². The minimum Gasteiger partial charge on any atom is -0.379 e. The molecule has 0 bridgehead atoms. The van der Waals surface area contributed by atoms with E-state index in [1.165, 1.54) is 70.6 Å². The summed E-state index contributed by atoms with van der Waals surface area (Å²) < 4.78 is 17.3. The third kappa shape index (κ3) is 6.20. The number of allylic oxidation sites excluding steroid dienone is 1. The van der Waals surface area contributed by atoms with E-state index in [2.05, 4.69) is 33.8 Å². The molecular formula is C32H56O3. The first-order chi connectivity index (χ1) is 16.9. The molecule has 7 unspecified atom stereocenters. The lowest BCUT2D eigenvalue weighted by atomic mass is 9.47. The summed E-state index contributed by atoms with van der Waals surface area (Å²) in [6.45, 7) is 15.6. The summed E-state index contributed by atoms with van der Waals surface area (Å²) in [6, 6.07) is 0. The summed E-state index contributed by atoms with van der Waals surface area (Å²) in [4.78, 5) is 0. The van der Waals surface area contributed by atoms with Gasteiger partial charge >= 0.3 is 0 Å². The highest BCUT2D eigenvalue weighted by Crippen LogP contribution is 2.66. The molecule has 0 aliphatic heterocycles. The molecule has 0 N–H and O–H groups in total. The van der Waals surface area contributed by atoms with Crippen LogP contribution in [0.1, 0.15) is 112 Å². The zero-order chi connectivity index (χ0) is 24.9. The van der Waals surface area contributed by atoms with E-state index in [1.807, 2.05) is 6.92 Å². The van der Waals surface area contributed by atoms with Gasteiger partial charge in [-0.25, -0.2) is 0 Å². The van der Waals surface area contributed by atoms with Crippen LogP contribution in [0.5, 0.6) is 0 Å². The Labute approximate surface area is 217 Å². The van der Waals surface area contributed by atoms with Crippen molar-refractivity contribution in [2.24, 2.45) is 40.4 Å². The van der Waals surface area contributed by atoms with Gasteiger partial charge in [-0.05, 0) is 105 Å². The third-order valence-corrected chi connectivity index (χ3v) is 11.0. The summed E-state index contributed by atoms with van der Waals surface area (Å²) in [5.41, 5.74) is 2.77. The Balaban J connectivity index is 1.29. The number of hydrogen-bond donors (Lipinski definition) is 0. The largest absolute Gasteiger partial charge is 0.379 e. The zero-order valence-electron chi connectivity index (χ0n) is 23.8. The summed E-state index contributed by atoms with van der Waals surface area (Å²) in [5, 5.41) is 0. The highest BCUT2D eigenvalue weighted by atomic mass is 16.5. The van der Waals surface area contributed by atoms with Gasteiger partial charge in [0.1, 0.15) is 0 Å². The van der Waals surface area contributed by atoms with Gasteiger partial charge < -0.3 is 14.2 Å². The van der Waals surface area contributed by atoms with Gasteiger partial charge in [0.25, 0.3) is 0 Å². The molecule has 0 spiro atoms. The molecule has 3 nitrogen and oxygen atoms in total. The Bertz CT molecular complexity index is 686. The second-order valence-corrected chi connectivity index (χ2v) is 13.3. The van der Waals surface area contributed by atoms with Crippen LogP contribution in [0, 0.1) is 40.4 Å². The van der Waals surface area contributed by atoms with Gasteiger partial charge in [-0.1, -0.05) is 58.6 Å². The predicted octanol–water partition coefficient (Wildman–Crippen LogP) is 8.22. The Morgan fingerprint density at radius 1 is 0.914 bits per heavy atom. The maximum Gasteiger partial charge on any atom is 0.0704 e. The molecule has 0 saturated heterocycles. The number of rotatable bonds is 13. The van der Waals surface area contributed by atoms with Crippen molar-refractivity contribution in [1.29, 1.82) is 0 Å². The van der Waals surface area contributed by atoms with Crippen LogP contribution in [0.3, 0.4) is 0 Å². The Morgan fingerprint density at radius 2 is 1.71 bits per heavy atom. The summed E-state index contributed by atoms with van der Waals surface area (Å²) in [7, 11) is 0. The molecule has 0 aromatic carbocycles. The van der Waals surface area contributed by atoms with Crippen LogP contribution in [0.25, 0.3) is 0 Å². The molecule has 3 saturated carbocycles. The maximum atomic E-state index is 6.27. The first-order valence-corrected chi connectivity index (χ1v) is 15.3. The number of hydrogen-bond acceptors (Lipinski definition) is 3. The fourth-order valence-electron chi connectivity index (χ4n) is 8.93. The Hall–Kier alpha value is -0.380. The standard InChI is InChI=1S/C32H56O3/c1-6-33-19-20-34-21-22-35-27-15-17-32(5)26(23-27)11-13-28-29-14-12-25(10-8-7-9-24(2)3)31(29,4)18-16-30(28)32/h11,24-25,27-30H,6-10,12-23H2,1-5H3. The first-order valence-electron chi connectivity index (χ1n) is 15.3. The van der Waals surface area contributed by atoms with E-state index >= 15 is 0 Å². The monoisotopic (exact) mass is 488 g/mol. The second-order valence-electron chi connectivity index (χ2n) is 13.3. The fourth-order valence-corrected chi connectivity index (χ4v) is 8.93. The van der Waals surface area contributed by atoms with E-state index < -0.39 is 0 Å². The van der Waals surface area contributed by atoms with E-state index in [4.69, 9.17) is 14.2 Å². The molecule has 3 heteroatoms. The minimum atomic E-state index is 0.386. The molecule has 0 radical (unpaired) electrons. The number of fused-ring (bicyclic) bond motifs is 5. The first kappa shape index (κ1) is 27.6. The number of unbranched alkanes of at least 4 members (excludes halogenated alkanes) is 1.